The lowest BCUT2D eigenvalue weighted by atomic mass is 10.1. The highest BCUT2D eigenvalue weighted by molar-refractivity contribution is 7.07. The minimum absolute atomic E-state index is 0.171. The molecule has 1 aromatic heterocycles. The van der Waals surface area contributed by atoms with Crippen LogP contribution in [0.3, 0.4) is 0 Å². The molecule has 0 saturated heterocycles. The van der Waals surface area contributed by atoms with Gasteiger partial charge in [0.05, 0.1) is 0 Å². The fourth-order valence-electron chi connectivity index (χ4n) is 2.13. The second-order valence-electron chi connectivity index (χ2n) is 5.33. The van der Waals surface area contributed by atoms with Crippen molar-refractivity contribution < 1.29 is 14.3 Å². The van der Waals surface area contributed by atoms with E-state index in [9.17, 15) is 14.4 Å². The van der Waals surface area contributed by atoms with Crippen molar-refractivity contribution in [2.45, 2.75) is 26.3 Å². The number of esters is 1. The van der Waals surface area contributed by atoms with Crippen LogP contribution in [0, 0.1) is 6.92 Å². The summed E-state index contributed by atoms with van der Waals surface area (Å²) in [4.78, 5) is 34.6. The summed E-state index contributed by atoms with van der Waals surface area (Å²) >= 11 is 1.03. The van der Waals surface area contributed by atoms with Crippen LogP contribution < -0.4 is 10.2 Å². The van der Waals surface area contributed by atoms with E-state index in [2.05, 4.69) is 5.32 Å². The van der Waals surface area contributed by atoms with Gasteiger partial charge in [-0.2, -0.15) is 0 Å². The molecule has 1 amide bonds. The Hall–Kier alpha value is -2.41. The highest BCUT2D eigenvalue weighted by Crippen LogP contribution is 2.01. The van der Waals surface area contributed by atoms with Crippen LogP contribution in [-0.4, -0.2) is 29.6 Å². The molecule has 2 rings (SSSR count). The van der Waals surface area contributed by atoms with Crippen LogP contribution in [0.2, 0.25) is 0 Å². The number of rotatable bonds is 8. The van der Waals surface area contributed by atoms with E-state index < -0.39 is 5.97 Å². The predicted molar refractivity (Wildman–Crippen MR) is 92.0 cm³/mol. The zero-order chi connectivity index (χ0) is 17.4. The smallest absolute Gasteiger partial charge is 0.326 e. The minimum Gasteiger partial charge on any atom is -0.454 e. The Balaban J connectivity index is 1.62. The number of carbonyl (C=O) groups excluding carboxylic acids is 2. The third-order valence-electron chi connectivity index (χ3n) is 3.44. The van der Waals surface area contributed by atoms with Crippen LogP contribution in [0.4, 0.5) is 0 Å². The second-order valence-corrected chi connectivity index (χ2v) is 6.15. The summed E-state index contributed by atoms with van der Waals surface area (Å²) in [6.07, 6.45) is 1.69. The van der Waals surface area contributed by atoms with Crippen molar-refractivity contribution in [3.05, 3.63) is 56.6 Å². The number of thiazole rings is 1. The molecule has 24 heavy (non-hydrogen) atoms. The number of aromatic nitrogens is 1. The van der Waals surface area contributed by atoms with Crippen LogP contribution in [0.5, 0.6) is 0 Å². The normalized spacial score (nSPS) is 10.4. The van der Waals surface area contributed by atoms with Gasteiger partial charge in [0.2, 0.25) is 0 Å². The molecule has 6 nitrogen and oxygen atoms in total. The predicted octanol–water partition coefficient (Wildman–Crippen LogP) is 1.51. The number of benzene rings is 1. The maximum absolute atomic E-state index is 11.7. The van der Waals surface area contributed by atoms with Gasteiger partial charge in [-0.25, -0.2) is 0 Å². The number of carbonyl (C=O) groups is 2. The molecule has 1 N–H and O–H groups in total. The van der Waals surface area contributed by atoms with E-state index in [1.54, 1.807) is 12.3 Å². The molecular formula is C17H20N2O4S. The molecule has 0 aliphatic rings. The second kappa shape index (κ2) is 9.02. The SMILES string of the molecule is Cc1csc(=O)n1CC(=O)OCC(=O)NCCCc1ccccc1. The van der Waals surface area contributed by atoms with E-state index in [4.69, 9.17) is 4.74 Å². The topological polar surface area (TPSA) is 77.4 Å². The zero-order valence-corrected chi connectivity index (χ0v) is 14.3. The summed E-state index contributed by atoms with van der Waals surface area (Å²) in [5, 5.41) is 4.38. The van der Waals surface area contributed by atoms with E-state index in [1.807, 2.05) is 30.3 Å². The number of hydrogen-bond donors (Lipinski definition) is 1. The maximum Gasteiger partial charge on any atom is 0.326 e. The maximum atomic E-state index is 11.7. The van der Waals surface area contributed by atoms with Crippen molar-refractivity contribution in [3.63, 3.8) is 0 Å². The Morgan fingerprint density at radius 3 is 2.67 bits per heavy atom. The summed E-state index contributed by atoms with van der Waals surface area (Å²) in [5.41, 5.74) is 1.92. The molecule has 0 aliphatic carbocycles. The largest absolute Gasteiger partial charge is 0.454 e. The van der Waals surface area contributed by atoms with E-state index in [0.717, 1.165) is 24.2 Å². The van der Waals surface area contributed by atoms with Crippen molar-refractivity contribution in [1.29, 1.82) is 0 Å². The van der Waals surface area contributed by atoms with Crippen molar-refractivity contribution in [1.82, 2.24) is 9.88 Å². The molecule has 7 heteroatoms. The molecule has 0 aliphatic heterocycles. The molecule has 1 heterocycles. The van der Waals surface area contributed by atoms with Gasteiger partial charge in [0.25, 0.3) is 5.91 Å². The lowest BCUT2D eigenvalue weighted by Crippen LogP contribution is -2.31. The first-order valence-corrected chi connectivity index (χ1v) is 8.55. The summed E-state index contributed by atoms with van der Waals surface area (Å²) in [7, 11) is 0. The monoisotopic (exact) mass is 348 g/mol. The Morgan fingerprint density at radius 2 is 2.00 bits per heavy atom. The number of amides is 1. The Labute approximate surface area is 144 Å². The molecule has 0 unspecified atom stereocenters. The minimum atomic E-state index is -0.599. The highest BCUT2D eigenvalue weighted by Gasteiger charge is 2.11. The van der Waals surface area contributed by atoms with Crippen molar-refractivity contribution in [2.75, 3.05) is 13.2 Å². The van der Waals surface area contributed by atoms with Gasteiger partial charge >= 0.3 is 10.8 Å². The van der Waals surface area contributed by atoms with E-state index in [1.165, 1.54) is 10.1 Å². The van der Waals surface area contributed by atoms with Crippen LogP contribution >= 0.6 is 11.3 Å². The van der Waals surface area contributed by atoms with E-state index >= 15 is 0 Å². The van der Waals surface area contributed by atoms with Crippen LogP contribution in [-0.2, 0) is 27.3 Å². The standard InChI is InChI=1S/C17H20N2O4S/c1-13-12-24-17(22)19(13)10-16(21)23-11-15(20)18-9-5-8-14-6-3-2-4-7-14/h2-4,6-7,12H,5,8-11H2,1H3,(H,18,20). The number of nitrogens with zero attached hydrogens (tertiary/aromatic N) is 1. The number of ether oxygens (including phenoxy) is 1. The molecule has 0 fully saturated rings. The quantitative estimate of drug-likeness (QED) is 0.579. The Kier molecular flexibility index (Phi) is 6.74. The first kappa shape index (κ1) is 17.9. The molecule has 0 spiro atoms. The lowest BCUT2D eigenvalue weighted by Gasteiger charge is -2.07. The third kappa shape index (κ3) is 5.66. The molecule has 0 atom stereocenters. The molecule has 1 aromatic carbocycles. The number of aryl methyl sites for hydroxylation is 2. The molecule has 0 bridgehead atoms. The highest BCUT2D eigenvalue weighted by atomic mass is 32.1. The third-order valence-corrected chi connectivity index (χ3v) is 4.32. The Morgan fingerprint density at radius 1 is 1.25 bits per heavy atom. The summed E-state index contributed by atoms with van der Waals surface area (Å²) < 4.78 is 6.22. The molecule has 0 radical (unpaired) electrons. The first-order chi connectivity index (χ1) is 11.6. The van der Waals surface area contributed by atoms with Crippen molar-refractivity contribution in [3.8, 4) is 0 Å². The molecule has 128 valence electrons. The van der Waals surface area contributed by atoms with Crippen molar-refractivity contribution in [2.24, 2.45) is 0 Å². The lowest BCUT2D eigenvalue weighted by molar-refractivity contribution is -0.149. The first-order valence-electron chi connectivity index (χ1n) is 7.67. The Bertz CT molecular complexity index is 737. The van der Waals surface area contributed by atoms with E-state index in [-0.39, 0.29) is 23.9 Å². The van der Waals surface area contributed by atoms with Gasteiger partial charge in [0.15, 0.2) is 6.61 Å². The van der Waals surface area contributed by atoms with Gasteiger partial charge in [-0.3, -0.25) is 19.0 Å². The summed E-state index contributed by atoms with van der Waals surface area (Å²) in [5.74, 6) is -0.941. The molecular weight excluding hydrogens is 328 g/mol. The van der Waals surface area contributed by atoms with Gasteiger partial charge in [-0.05, 0) is 25.3 Å². The van der Waals surface area contributed by atoms with Crippen LogP contribution in [0.25, 0.3) is 0 Å². The summed E-state index contributed by atoms with van der Waals surface area (Å²) in [6, 6.07) is 10.0. The average Bonchev–Trinajstić information content (AvgIpc) is 2.90. The van der Waals surface area contributed by atoms with Gasteiger partial charge < -0.3 is 10.1 Å². The van der Waals surface area contributed by atoms with Crippen LogP contribution in [0.1, 0.15) is 17.7 Å². The number of hydrogen-bond acceptors (Lipinski definition) is 5. The average molecular weight is 348 g/mol. The zero-order valence-electron chi connectivity index (χ0n) is 13.5. The van der Waals surface area contributed by atoms with Crippen LogP contribution in [0.15, 0.2) is 40.5 Å². The fourth-order valence-corrected chi connectivity index (χ4v) is 2.87. The summed E-state index contributed by atoms with van der Waals surface area (Å²) in [6.45, 7) is 1.76. The van der Waals surface area contributed by atoms with Gasteiger partial charge in [-0.1, -0.05) is 41.7 Å². The van der Waals surface area contributed by atoms with Gasteiger partial charge in [-0.15, -0.1) is 0 Å². The molecule has 2 aromatic rings. The molecule has 0 saturated carbocycles. The van der Waals surface area contributed by atoms with Crippen molar-refractivity contribution >= 4 is 23.2 Å². The fraction of sp³-hybridized carbons (Fsp3) is 0.353. The van der Waals surface area contributed by atoms with E-state index in [0.29, 0.717) is 12.2 Å². The number of nitrogens with one attached hydrogen (secondary N) is 1. The van der Waals surface area contributed by atoms with Gasteiger partial charge in [0.1, 0.15) is 6.54 Å². The van der Waals surface area contributed by atoms with Gasteiger partial charge in [0, 0.05) is 17.6 Å².